The molecule has 0 N–H and O–H groups in total. The van der Waals surface area contributed by atoms with Crippen LogP contribution in [0.25, 0.3) is 0 Å². The number of carbonyl (C=O) groups excluding carboxylic acids is 1. The van der Waals surface area contributed by atoms with Gasteiger partial charge >= 0.3 is 29.6 Å². The number of hydrogen-bond donors (Lipinski definition) is 0. The van der Waals surface area contributed by atoms with Crippen molar-refractivity contribution in [1.82, 2.24) is 0 Å². The van der Waals surface area contributed by atoms with Crippen LogP contribution >= 0.6 is 0 Å². The number of carbonyl (C=O) groups is 1. The molecule has 0 atom stereocenters. The first-order valence-corrected chi connectivity index (χ1v) is 3.69. The van der Waals surface area contributed by atoms with Gasteiger partial charge in [0.25, 0.3) is 0 Å². The Morgan fingerprint density at radius 1 is 1.46 bits per heavy atom. The van der Waals surface area contributed by atoms with Crippen molar-refractivity contribution in [3.63, 3.8) is 0 Å². The molecule has 0 aromatic carbocycles. The van der Waals surface area contributed by atoms with Gasteiger partial charge < -0.3 is 5.11 Å². The molecule has 1 aliphatic carbocycles. The normalized spacial score (nSPS) is 15.7. The Kier molecular flexibility index (Phi) is 6.59. The van der Waals surface area contributed by atoms with E-state index in [1.807, 2.05) is 18.2 Å². The van der Waals surface area contributed by atoms with Crippen molar-refractivity contribution in [3.05, 3.63) is 47.8 Å². The topological polar surface area (TPSA) is 40.1 Å². The van der Waals surface area contributed by atoms with E-state index in [-0.39, 0.29) is 35.1 Å². The van der Waals surface area contributed by atoms with Crippen LogP contribution in [0.1, 0.15) is 6.42 Å². The van der Waals surface area contributed by atoms with Gasteiger partial charge in [0.2, 0.25) is 0 Å². The maximum Gasteiger partial charge on any atom is 1.00 e. The molecule has 13 heavy (non-hydrogen) atoms. The predicted octanol–water partition coefficient (Wildman–Crippen LogP) is -2.12. The van der Waals surface area contributed by atoms with Crippen LogP contribution in [-0.2, 0) is 4.79 Å². The van der Waals surface area contributed by atoms with Crippen LogP contribution in [0.5, 0.6) is 0 Å². The summed E-state index contributed by atoms with van der Waals surface area (Å²) >= 11 is 0. The van der Waals surface area contributed by atoms with Gasteiger partial charge in [0, 0.05) is 5.57 Å². The molecule has 0 spiro atoms. The second-order valence-corrected chi connectivity index (χ2v) is 2.38. The molecule has 0 bridgehead atoms. The summed E-state index contributed by atoms with van der Waals surface area (Å²) in [5.74, 6) is 0. The average molecular weight is 184 g/mol. The monoisotopic (exact) mass is 184 g/mol. The average Bonchev–Trinajstić information content (AvgIpc) is 2.35. The molecule has 2 nitrogen and oxygen atoms in total. The summed E-state index contributed by atoms with van der Waals surface area (Å²) in [6, 6.07) is 0. The predicted molar refractivity (Wildman–Crippen MR) is 45.1 cm³/mol. The summed E-state index contributed by atoms with van der Waals surface area (Å²) in [4.78, 5) is 10.4. The van der Waals surface area contributed by atoms with Crippen molar-refractivity contribution in [2.45, 2.75) is 6.42 Å². The van der Waals surface area contributed by atoms with Crippen LogP contribution < -0.4 is 34.7 Å². The third kappa shape index (κ3) is 3.77. The molecular weight excluding hydrogens is 175 g/mol. The quantitative estimate of drug-likeness (QED) is 0.213. The molecule has 1 aliphatic rings. The van der Waals surface area contributed by atoms with E-state index in [0.717, 1.165) is 6.42 Å². The molecule has 0 unspecified atom stereocenters. The number of rotatable bonds is 2. The zero-order valence-corrected chi connectivity index (χ0v) is 9.57. The van der Waals surface area contributed by atoms with Gasteiger partial charge in [-0.2, -0.15) is 0 Å². The van der Waals surface area contributed by atoms with E-state index in [1.54, 1.807) is 12.2 Å². The first-order valence-electron chi connectivity index (χ1n) is 3.69. The van der Waals surface area contributed by atoms with Crippen LogP contribution in [-0.4, -0.2) is 6.29 Å². The van der Waals surface area contributed by atoms with Crippen molar-refractivity contribution in [2.75, 3.05) is 0 Å². The zero-order chi connectivity index (χ0) is 8.81. The van der Waals surface area contributed by atoms with Gasteiger partial charge in [-0.15, -0.1) is 6.26 Å². The molecule has 0 aromatic heterocycles. The van der Waals surface area contributed by atoms with E-state index >= 15 is 0 Å². The SMILES string of the molecule is O=C/C(=C/[O-])C1=CC=CCC=C1.[Na+]. The van der Waals surface area contributed by atoms with Crippen LogP contribution in [0.4, 0.5) is 0 Å². The minimum absolute atomic E-state index is 0. The minimum Gasteiger partial charge on any atom is -0.877 e. The van der Waals surface area contributed by atoms with Gasteiger partial charge in [0.15, 0.2) is 0 Å². The number of aldehydes is 1. The molecule has 0 radical (unpaired) electrons. The molecule has 0 aromatic rings. The standard InChI is InChI=1S/C10H10O2.Na/c11-7-10(8-12)9-5-3-1-2-4-6-9;/h1,3-8,11H,2H2;/q;+1/p-1/b10-7-;. The van der Waals surface area contributed by atoms with Gasteiger partial charge in [-0.05, 0) is 12.0 Å². The molecular formula is C10H9NaO2. The Bertz CT molecular complexity index is 285. The van der Waals surface area contributed by atoms with E-state index in [4.69, 9.17) is 0 Å². The molecule has 0 fully saturated rings. The molecule has 3 heteroatoms. The van der Waals surface area contributed by atoms with Crippen LogP contribution in [0.2, 0.25) is 0 Å². The van der Waals surface area contributed by atoms with E-state index < -0.39 is 0 Å². The molecule has 1 rings (SSSR count). The number of allylic oxidation sites excluding steroid dienone is 7. The van der Waals surface area contributed by atoms with Crippen molar-refractivity contribution in [1.29, 1.82) is 0 Å². The summed E-state index contributed by atoms with van der Waals surface area (Å²) in [7, 11) is 0. The fourth-order valence-electron chi connectivity index (χ4n) is 0.936. The second kappa shape index (κ2) is 6.89. The van der Waals surface area contributed by atoms with Gasteiger partial charge in [0.05, 0.1) is 0 Å². The van der Waals surface area contributed by atoms with Gasteiger partial charge in [-0.3, -0.25) is 4.79 Å². The van der Waals surface area contributed by atoms with Crippen molar-refractivity contribution in [3.8, 4) is 0 Å². The van der Waals surface area contributed by atoms with E-state index in [2.05, 4.69) is 0 Å². The van der Waals surface area contributed by atoms with E-state index in [0.29, 0.717) is 18.1 Å². The molecule has 0 saturated carbocycles. The Hall–Kier alpha value is -0.570. The maximum absolute atomic E-state index is 10.4. The summed E-state index contributed by atoms with van der Waals surface area (Å²) in [5.41, 5.74) is 0.867. The largest absolute Gasteiger partial charge is 1.00 e. The Morgan fingerprint density at radius 3 is 2.85 bits per heavy atom. The summed E-state index contributed by atoms with van der Waals surface area (Å²) in [5, 5.41) is 10.4. The zero-order valence-electron chi connectivity index (χ0n) is 7.57. The van der Waals surface area contributed by atoms with Gasteiger partial charge in [-0.25, -0.2) is 0 Å². The van der Waals surface area contributed by atoms with Crippen LogP contribution in [0, 0.1) is 0 Å². The van der Waals surface area contributed by atoms with E-state index in [9.17, 15) is 9.90 Å². The third-order valence-corrected chi connectivity index (χ3v) is 1.57. The summed E-state index contributed by atoms with van der Waals surface area (Å²) < 4.78 is 0. The second-order valence-electron chi connectivity index (χ2n) is 2.38. The number of hydrogen-bond acceptors (Lipinski definition) is 2. The first kappa shape index (κ1) is 12.4. The molecule has 0 amide bonds. The molecule has 0 saturated heterocycles. The fraction of sp³-hybridized carbons (Fsp3) is 0.100. The Balaban J connectivity index is 0.00000144. The smallest absolute Gasteiger partial charge is 0.877 e. The van der Waals surface area contributed by atoms with E-state index in [1.165, 1.54) is 0 Å². The summed E-state index contributed by atoms with van der Waals surface area (Å²) in [6.07, 6.45) is 11.2. The molecule has 62 valence electrons. The van der Waals surface area contributed by atoms with Crippen LogP contribution in [0.3, 0.4) is 0 Å². The molecule has 0 aliphatic heterocycles. The van der Waals surface area contributed by atoms with Crippen molar-refractivity contribution < 1.29 is 39.5 Å². The first-order chi connectivity index (χ1) is 5.88. The van der Waals surface area contributed by atoms with Gasteiger partial charge in [0.1, 0.15) is 6.29 Å². The maximum atomic E-state index is 10.4. The molecule has 0 heterocycles. The Morgan fingerprint density at radius 2 is 2.23 bits per heavy atom. The fourth-order valence-corrected chi connectivity index (χ4v) is 0.936. The Labute approximate surface area is 99.6 Å². The third-order valence-electron chi connectivity index (χ3n) is 1.57. The van der Waals surface area contributed by atoms with Crippen LogP contribution in [0.15, 0.2) is 47.8 Å². The summed E-state index contributed by atoms with van der Waals surface area (Å²) in [6.45, 7) is 0. The van der Waals surface area contributed by atoms with Crippen molar-refractivity contribution in [2.24, 2.45) is 0 Å². The van der Waals surface area contributed by atoms with Crippen molar-refractivity contribution >= 4 is 6.29 Å². The van der Waals surface area contributed by atoms with Gasteiger partial charge in [-0.1, -0.05) is 30.4 Å². The minimum atomic E-state index is 0.